The first-order chi connectivity index (χ1) is 9.91. The van der Waals surface area contributed by atoms with Crippen molar-refractivity contribution in [2.45, 2.75) is 20.8 Å². The Hall–Kier alpha value is -2.76. The number of carbonyl (C=O) groups excluding carboxylic acids is 2. The van der Waals surface area contributed by atoms with Gasteiger partial charge in [-0.25, -0.2) is 0 Å². The summed E-state index contributed by atoms with van der Waals surface area (Å²) in [7, 11) is 0. The highest BCUT2D eigenvalue weighted by atomic mass is 16.3. The topological polar surface area (TPSA) is 91.6 Å². The molecular formula is C15H16N2O4. The average Bonchev–Trinajstić information content (AvgIpc) is 2.70. The summed E-state index contributed by atoms with van der Waals surface area (Å²) in [5, 5.41) is 9.57. The highest BCUT2D eigenvalue weighted by Crippen LogP contribution is 2.20. The van der Waals surface area contributed by atoms with E-state index in [1.54, 1.807) is 32.9 Å². The summed E-state index contributed by atoms with van der Waals surface area (Å²) in [5.74, 6) is -0.0812. The van der Waals surface area contributed by atoms with Gasteiger partial charge in [0.15, 0.2) is 0 Å². The van der Waals surface area contributed by atoms with E-state index in [4.69, 9.17) is 4.42 Å². The van der Waals surface area contributed by atoms with Crippen LogP contribution in [0.5, 0.6) is 5.75 Å². The van der Waals surface area contributed by atoms with Crippen molar-refractivity contribution in [3.8, 4) is 5.75 Å². The molecule has 1 aromatic heterocycles. The van der Waals surface area contributed by atoms with Gasteiger partial charge in [0.25, 0.3) is 11.8 Å². The summed E-state index contributed by atoms with van der Waals surface area (Å²) in [4.78, 5) is 23.9. The number of hydrazine groups is 1. The largest absolute Gasteiger partial charge is 0.507 e. The van der Waals surface area contributed by atoms with Gasteiger partial charge in [0.2, 0.25) is 0 Å². The predicted molar refractivity (Wildman–Crippen MR) is 76.0 cm³/mol. The lowest BCUT2D eigenvalue weighted by atomic mass is 10.1. The molecule has 3 N–H and O–H groups in total. The van der Waals surface area contributed by atoms with Crippen LogP contribution in [0.1, 0.15) is 37.8 Å². The van der Waals surface area contributed by atoms with Gasteiger partial charge in [-0.2, -0.15) is 0 Å². The van der Waals surface area contributed by atoms with Crippen LogP contribution in [0.15, 0.2) is 28.7 Å². The number of phenolic OH excluding ortho intramolecular Hbond substituents is 1. The number of benzene rings is 1. The zero-order chi connectivity index (χ0) is 15.6. The summed E-state index contributed by atoms with van der Waals surface area (Å²) >= 11 is 0. The van der Waals surface area contributed by atoms with Gasteiger partial charge in [0, 0.05) is 5.56 Å². The number of hydrogen-bond acceptors (Lipinski definition) is 4. The predicted octanol–water partition coefficient (Wildman–Crippen LogP) is 1.99. The van der Waals surface area contributed by atoms with E-state index in [-0.39, 0.29) is 11.3 Å². The summed E-state index contributed by atoms with van der Waals surface area (Å²) in [6, 6.07) is 6.07. The summed E-state index contributed by atoms with van der Waals surface area (Å²) in [6.45, 7) is 5.21. The molecule has 0 spiro atoms. The number of phenols is 1. The molecule has 1 heterocycles. The highest BCUT2D eigenvalue weighted by molar-refractivity contribution is 6.01. The van der Waals surface area contributed by atoms with Crippen molar-refractivity contribution in [3.05, 3.63) is 52.5 Å². The molecule has 2 aromatic rings. The Morgan fingerprint density at radius 1 is 1.00 bits per heavy atom. The maximum Gasteiger partial charge on any atom is 0.273 e. The van der Waals surface area contributed by atoms with Crippen LogP contribution in [0, 0.1) is 20.8 Å². The molecule has 0 bridgehead atoms. The smallest absolute Gasteiger partial charge is 0.273 e. The number of furan rings is 1. The lowest BCUT2D eigenvalue weighted by Crippen LogP contribution is -2.42. The number of aromatic hydroxyl groups is 1. The van der Waals surface area contributed by atoms with Gasteiger partial charge >= 0.3 is 0 Å². The van der Waals surface area contributed by atoms with Crippen LogP contribution in [0.3, 0.4) is 0 Å². The SMILES string of the molecule is Cc1oc(C)c(C(=O)NNC(=O)c2ccccc2O)c1C. The quantitative estimate of drug-likeness (QED) is 0.737. The normalized spacial score (nSPS) is 10.2. The molecule has 0 saturated carbocycles. The molecular weight excluding hydrogens is 272 g/mol. The van der Waals surface area contributed by atoms with Crippen molar-refractivity contribution in [2.75, 3.05) is 0 Å². The maximum atomic E-state index is 12.1. The number of rotatable bonds is 2. The van der Waals surface area contributed by atoms with Gasteiger partial charge in [-0.1, -0.05) is 12.1 Å². The molecule has 6 heteroatoms. The van der Waals surface area contributed by atoms with Crippen LogP contribution < -0.4 is 10.9 Å². The molecule has 2 amide bonds. The number of aryl methyl sites for hydroxylation is 2. The first-order valence-electron chi connectivity index (χ1n) is 6.37. The third-order valence-electron chi connectivity index (χ3n) is 3.23. The number of carbonyl (C=O) groups is 2. The highest BCUT2D eigenvalue weighted by Gasteiger charge is 2.19. The van der Waals surface area contributed by atoms with E-state index in [0.717, 1.165) is 5.56 Å². The fourth-order valence-electron chi connectivity index (χ4n) is 2.04. The summed E-state index contributed by atoms with van der Waals surface area (Å²) < 4.78 is 5.36. The average molecular weight is 288 g/mol. The molecule has 0 radical (unpaired) electrons. The van der Waals surface area contributed by atoms with Crippen molar-refractivity contribution in [1.29, 1.82) is 0 Å². The van der Waals surface area contributed by atoms with Crippen LogP contribution in [0.4, 0.5) is 0 Å². The van der Waals surface area contributed by atoms with Crippen LogP contribution in [-0.4, -0.2) is 16.9 Å². The van der Waals surface area contributed by atoms with E-state index in [2.05, 4.69) is 10.9 Å². The Labute approximate surface area is 121 Å². The lowest BCUT2D eigenvalue weighted by Gasteiger charge is -2.08. The Bertz CT molecular complexity index is 704. The van der Waals surface area contributed by atoms with Crippen molar-refractivity contribution in [1.82, 2.24) is 10.9 Å². The number of amides is 2. The number of nitrogens with one attached hydrogen (secondary N) is 2. The standard InChI is InChI=1S/C15H16N2O4/c1-8-9(2)21-10(3)13(8)15(20)17-16-14(19)11-6-4-5-7-12(11)18/h4-7,18H,1-3H3,(H,16,19)(H,17,20). The second-order valence-corrected chi connectivity index (χ2v) is 4.64. The molecule has 110 valence electrons. The molecule has 0 aliphatic rings. The molecule has 6 nitrogen and oxygen atoms in total. The van der Waals surface area contributed by atoms with Crippen molar-refractivity contribution in [3.63, 3.8) is 0 Å². The van der Waals surface area contributed by atoms with Crippen molar-refractivity contribution < 1.29 is 19.1 Å². The van der Waals surface area contributed by atoms with Crippen LogP contribution in [0.2, 0.25) is 0 Å². The molecule has 0 atom stereocenters. The monoisotopic (exact) mass is 288 g/mol. The minimum absolute atomic E-state index is 0.0784. The Kier molecular flexibility index (Phi) is 3.98. The third-order valence-corrected chi connectivity index (χ3v) is 3.23. The van der Waals surface area contributed by atoms with Crippen LogP contribution >= 0.6 is 0 Å². The van der Waals surface area contributed by atoms with Crippen LogP contribution in [-0.2, 0) is 0 Å². The second kappa shape index (κ2) is 5.70. The van der Waals surface area contributed by atoms with E-state index in [1.165, 1.54) is 12.1 Å². The maximum absolute atomic E-state index is 12.1. The third kappa shape index (κ3) is 2.89. The van der Waals surface area contributed by atoms with Gasteiger partial charge in [-0.3, -0.25) is 20.4 Å². The Balaban J connectivity index is 2.08. The van der Waals surface area contributed by atoms with E-state index < -0.39 is 11.8 Å². The van der Waals surface area contributed by atoms with E-state index in [1.807, 2.05) is 0 Å². The molecule has 0 aliphatic carbocycles. The Morgan fingerprint density at radius 2 is 1.62 bits per heavy atom. The molecule has 0 saturated heterocycles. The fraction of sp³-hybridized carbons (Fsp3) is 0.200. The van der Waals surface area contributed by atoms with E-state index in [0.29, 0.717) is 17.1 Å². The summed E-state index contributed by atoms with van der Waals surface area (Å²) in [6.07, 6.45) is 0. The second-order valence-electron chi connectivity index (χ2n) is 4.64. The minimum atomic E-state index is -0.600. The molecule has 21 heavy (non-hydrogen) atoms. The molecule has 2 rings (SSSR count). The molecule has 0 unspecified atom stereocenters. The van der Waals surface area contributed by atoms with Gasteiger partial charge in [-0.05, 0) is 32.9 Å². The minimum Gasteiger partial charge on any atom is -0.507 e. The molecule has 0 aliphatic heterocycles. The van der Waals surface area contributed by atoms with Crippen molar-refractivity contribution in [2.24, 2.45) is 0 Å². The van der Waals surface area contributed by atoms with Crippen LogP contribution in [0.25, 0.3) is 0 Å². The first-order valence-corrected chi connectivity index (χ1v) is 6.37. The van der Waals surface area contributed by atoms with Gasteiger partial charge < -0.3 is 9.52 Å². The molecule has 1 aromatic carbocycles. The zero-order valence-corrected chi connectivity index (χ0v) is 12.0. The van der Waals surface area contributed by atoms with Gasteiger partial charge in [0.1, 0.15) is 17.3 Å². The number of para-hydroxylation sites is 1. The first kappa shape index (κ1) is 14.6. The Morgan fingerprint density at radius 3 is 2.19 bits per heavy atom. The summed E-state index contributed by atoms with van der Waals surface area (Å²) in [5.41, 5.74) is 5.77. The van der Waals surface area contributed by atoms with Crippen molar-refractivity contribution >= 4 is 11.8 Å². The lowest BCUT2D eigenvalue weighted by molar-refractivity contribution is 0.0843. The van der Waals surface area contributed by atoms with Gasteiger partial charge in [-0.15, -0.1) is 0 Å². The molecule has 0 fully saturated rings. The fourth-order valence-corrected chi connectivity index (χ4v) is 2.04. The zero-order valence-electron chi connectivity index (χ0n) is 12.0. The van der Waals surface area contributed by atoms with E-state index in [9.17, 15) is 14.7 Å². The van der Waals surface area contributed by atoms with Gasteiger partial charge in [0.05, 0.1) is 11.1 Å². The number of hydrogen-bond donors (Lipinski definition) is 3. The van der Waals surface area contributed by atoms with E-state index >= 15 is 0 Å².